The number of hydrogen-bond acceptors (Lipinski definition) is 0. The van der Waals surface area contributed by atoms with Crippen LogP contribution >= 0.6 is 15.9 Å². The molecule has 0 aliphatic carbocycles. The van der Waals surface area contributed by atoms with Crippen molar-refractivity contribution in [1.82, 2.24) is 0 Å². The average Bonchev–Trinajstić information content (AvgIpc) is 2.40. The van der Waals surface area contributed by atoms with Gasteiger partial charge in [-0.2, -0.15) is 13.2 Å². The molecule has 2 aromatic rings. The van der Waals surface area contributed by atoms with E-state index in [1.807, 2.05) is 0 Å². The summed E-state index contributed by atoms with van der Waals surface area (Å²) in [5.41, 5.74) is 1.29. The van der Waals surface area contributed by atoms with Crippen LogP contribution in [-0.4, -0.2) is 0 Å². The molecule has 0 N–H and O–H groups in total. The highest BCUT2D eigenvalue weighted by atomic mass is 79.9. The highest BCUT2D eigenvalue weighted by Crippen LogP contribution is 2.34. The van der Waals surface area contributed by atoms with Crippen molar-refractivity contribution in [3.8, 4) is 0 Å². The Bertz CT molecular complexity index is 602. The van der Waals surface area contributed by atoms with E-state index >= 15 is 0 Å². The molecule has 106 valence electrons. The molecule has 1 unspecified atom stereocenters. The maximum Gasteiger partial charge on any atom is 0.416 e. The second kappa shape index (κ2) is 5.56. The molecule has 2 aromatic carbocycles. The van der Waals surface area contributed by atoms with Crippen LogP contribution in [0.4, 0.5) is 17.6 Å². The summed E-state index contributed by atoms with van der Waals surface area (Å²) < 4.78 is 50.7. The van der Waals surface area contributed by atoms with Gasteiger partial charge in [0.25, 0.3) is 0 Å². The third-order valence-corrected chi connectivity index (χ3v) is 4.06. The lowest BCUT2D eigenvalue weighted by Crippen LogP contribution is -2.05. The van der Waals surface area contributed by atoms with Crippen LogP contribution in [0.15, 0.2) is 42.5 Å². The molecule has 0 heterocycles. The van der Waals surface area contributed by atoms with Gasteiger partial charge >= 0.3 is 6.18 Å². The molecule has 0 amide bonds. The van der Waals surface area contributed by atoms with Gasteiger partial charge in [0.15, 0.2) is 0 Å². The zero-order valence-electron chi connectivity index (χ0n) is 10.5. The van der Waals surface area contributed by atoms with Crippen LogP contribution in [0.1, 0.15) is 27.1 Å². The minimum atomic E-state index is -4.34. The maximum atomic E-state index is 13.2. The maximum absolute atomic E-state index is 13.2. The monoisotopic (exact) mass is 346 g/mol. The van der Waals surface area contributed by atoms with Gasteiger partial charge in [-0.05, 0) is 41.8 Å². The summed E-state index contributed by atoms with van der Waals surface area (Å²) in [4.78, 5) is -0.274. The van der Waals surface area contributed by atoms with Crippen LogP contribution in [0.25, 0.3) is 0 Å². The molecule has 5 heteroatoms. The van der Waals surface area contributed by atoms with Gasteiger partial charge in [0.2, 0.25) is 0 Å². The summed E-state index contributed by atoms with van der Waals surface area (Å²) in [6, 6.07) is 9.55. The van der Waals surface area contributed by atoms with Gasteiger partial charge in [0.05, 0.1) is 10.4 Å². The van der Waals surface area contributed by atoms with E-state index < -0.39 is 11.7 Å². The zero-order valence-corrected chi connectivity index (χ0v) is 12.1. The SMILES string of the molecule is Cc1cc(C(Br)c2ccc(C(F)(F)F)cc2)ccc1F. The fourth-order valence-corrected chi connectivity index (χ4v) is 2.45. The van der Waals surface area contributed by atoms with Crippen molar-refractivity contribution in [2.24, 2.45) is 0 Å². The number of alkyl halides is 4. The predicted molar refractivity (Wildman–Crippen MR) is 73.4 cm³/mol. The van der Waals surface area contributed by atoms with Gasteiger partial charge in [0, 0.05) is 0 Å². The van der Waals surface area contributed by atoms with E-state index in [9.17, 15) is 17.6 Å². The minimum Gasteiger partial charge on any atom is -0.207 e. The Morgan fingerprint density at radius 2 is 1.50 bits per heavy atom. The third-order valence-electron chi connectivity index (χ3n) is 3.01. The Labute approximate surface area is 122 Å². The van der Waals surface area contributed by atoms with Gasteiger partial charge in [0.1, 0.15) is 5.82 Å². The lowest BCUT2D eigenvalue weighted by molar-refractivity contribution is -0.137. The molecule has 2 rings (SSSR count). The first-order valence-electron chi connectivity index (χ1n) is 5.86. The lowest BCUT2D eigenvalue weighted by Gasteiger charge is -2.13. The Morgan fingerprint density at radius 3 is 2.00 bits per heavy atom. The van der Waals surface area contributed by atoms with Gasteiger partial charge in [-0.15, -0.1) is 0 Å². The summed E-state index contributed by atoms with van der Waals surface area (Å²) in [5.74, 6) is -0.305. The van der Waals surface area contributed by atoms with Crippen molar-refractivity contribution >= 4 is 15.9 Å². The predicted octanol–water partition coefficient (Wildman–Crippen LogP) is 5.64. The van der Waals surface area contributed by atoms with Crippen LogP contribution < -0.4 is 0 Å². The number of benzene rings is 2. The molecule has 0 radical (unpaired) electrons. The topological polar surface area (TPSA) is 0 Å². The van der Waals surface area contributed by atoms with Crippen molar-refractivity contribution in [1.29, 1.82) is 0 Å². The number of rotatable bonds is 2. The molecule has 1 atom stereocenters. The number of halogens is 5. The van der Waals surface area contributed by atoms with Crippen molar-refractivity contribution in [2.75, 3.05) is 0 Å². The van der Waals surface area contributed by atoms with Crippen molar-refractivity contribution in [3.05, 3.63) is 70.5 Å². The molecule has 0 fully saturated rings. The van der Waals surface area contributed by atoms with E-state index in [1.54, 1.807) is 19.1 Å². The molecule has 0 saturated heterocycles. The fourth-order valence-electron chi connectivity index (χ4n) is 1.86. The smallest absolute Gasteiger partial charge is 0.207 e. The Hall–Kier alpha value is -1.36. The standard InChI is InChI=1S/C15H11BrF4/c1-9-8-11(4-7-13(9)17)14(16)10-2-5-12(6-3-10)15(18,19)20/h2-8,14H,1H3. The van der Waals surface area contributed by atoms with Crippen molar-refractivity contribution in [2.45, 2.75) is 17.9 Å². The van der Waals surface area contributed by atoms with Gasteiger partial charge in [-0.1, -0.05) is 40.2 Å². The summed E-state index contributed by atoms with van der Waals surface area (Å²) in [7, 11) is 0. The van der Waals surface area contributed by atoms with Crippen molar-refractivity contribution < 1.29 is 17.6 Å². The normalized spacial score (nSPS) is 13.3. The molecule has 0 aliphatic rings. The quantitative estimate of drug-likeness (QED) is 0.487. The summed E-state index contributed by atoms with van der Waals surface area (Å²) >= 11 is 3.42. The first kappa shape index (κ1) is 15.0. The second-order valence-corrected chi connectivity index (χ2v) is 5.41. The van der Waals surface area contributed by atoms with Crippen molar-refractivity contribution in [3.63, 3.8) is 0 Å². The zero-order chi connectivity index (χ0) is 14.9. The van der Waals surface area contributed by atoms with E-state index in [4.69, 9.17) is 0 Å². The highest BCUT2D eigenvalue weighted by Gasteiger charge is 2.30. The van der Waals surface area contributed by atoms with E-state index in [0.717, 1.165) is 17.7 Å². The average molecular weight is 347 g/mol. The molecular formula is C15H11BrF4. The fraction of sp³-hybridized carbons (Fsp3) is 0.200. The Kier molecular flexibility index (Phi) is 4.18. The molecule has 20 heavy (non-hydrogen) atoms. The van der Waals surface area contributed by atoms with E-state index in [-0.39, 0.29) is 10.6 Å². The molecule has 0 aromatic heterocycles. The van der Waals surface area contributed by atoms with Crippen LogP contribution in [-0.2, 0) is 6.18 Å². The van der Waals surface area contributed by atoms with Gasteiger partial charge < -0.3 is 0 Å². The first-order chi connectivity index (χ1) is 9.29. The van der Waals surface area contributed by atoms with Crippen LogP contribution in [0.3, 0.4) is 0 Å². The summed E-state index contributed by atoms with van der Waals surface area (Å²) in [6.45, 7) is 1.64. The molecular weight excluding hydrogens is 336 g/mol. The molecule has 0 saturated carbocycles. The first-order valence-corrected chi connectivity index (χ1v) is 6.78. The Morgan fingerprint density at radius 1 is 0.950 bits per heavy atom. The molecule has 0 spiro atoms. The lowest BCUT2D eigenvalue weighted by atomic mass is 10.0. The van der Waals surface area contributed by atoms with Crippen LogP contribution in [0.5, 0.6) is 0 Å². The molecule has 0 bridgehead atoms. The largest absolute Gasteiger partial charge is 0.416 e. The van der Waals surface area contributed by atoms with Gasteiger partial charge in [-0.3, -0.25) is 0 Å². The van der Waals surface area contributed by atoms with E-state index in [2.05, 4.69) is 15.9 Å². The highest BCUT2D eigenvalue weighted by molar-refractivity contribution is 9.09. The third kappa shape index (κ3) is 3.20. The Balaban J connectivity index is 2.29. The van der Waals surface area contributed by atoms with Crippen LogP contribution in [0.2, 0.25) is 0 Å². The number of hydrogen-bond donors (Lipinski definition) is 0. The summed E-state index contributed by atoms with van der Waals surface area (Å²) in [5, 5.41) is 0. The summed E-state index contributed by atoms with van der Waals surface area (Å²) in [6.07, 6.45) is -4.34. The van der Waals surface area contributed by atoms with E-state index in [1.165, 1.54) is 18.2 Å². The van der Waals surface area contributed by atoms with Gasteiger partial charge in [-0.25, -0.2) is 4.39 Å². The molecule has 0 aliphatic heterocycles. The molecule has 0 nitrogen and oxygen atoms in total. The minimum absolute atomic E-state index is 0.274. The second-order valence-electron chi connectivity index (χ2n) is 4.49. The van der Waals surface area contributed by atoms with Crippen LogP contribution in [0, 0.1) is 12.7 Å². The number of aryl methyl sites for hydroxylation is 1. The van der Waals surface area contributed by atoms with E-state index in [0.29, 0.717) is 11.1 Å².